The third-order valence-electron chi connectivity index (χ3n) is 2.57. The molecule has 0 spiro atoms. The predicted octanol–water partition coefficient (Wildman–Crippen LogP) is 3.22. The molecule has 1 aromatic carbocycles. The van der Waals surface area contributed by atoms with Crippen molar-refractivity contribution in [3.05, 3.63) is 29.8 Å². The molecule has 0 N–H and O–H groups in total. The van der Waals surface area contributed by atoms with Gasteiger partial charge in [0.25, 0.3) is 0 Å². The second-order valence-corrected chi connectivity index (χ2v) is 4.75. The molecule has 0 amide bonds. The average molecular weight is 266 g/mol. The van der Waals surface area contributed by atoms with Crippen LogP contribution >= 0.6 is 0 Å². The number of halogens is 1. The molecule has 1 aromatic rings. The molecule has 104 valence electrons. The lowest BCUT2D eigenvalue weighted by molar-refractivity contribution is -0.122. The predicted molar refractivity (Wildman–Crippen MR) is 71.3 cm³/mol. The fourth-order valence-corrected chi connectivity index (χ4v) is 1.68. The highest BCUT2D eigenvalue weighted by molar-refractivity contribution is 6.13. The summed E-state index contributed by atoms with van der Waals surface area (Å²) < 4.78 is 19.0. The van der Waals surface area contributed by atoms with Gasteiger partial charge in [0.05, 0.1) is 6.61 Å². The average Bonchev–Trinajstić information content (AvgIpc) is 2.37. The van der Waals surface area contributed by atoms with E-state index in [-0.39, 0.29) is 17.9 Å². The van der Waals surface area contributed by atoms with E-state index in [1.807, 2.05) is 20.8 Å². The van der Waals surface area contributed by atoms with Crippen molar-refractivity contribution in [1.29, 1.82) is 0 Å². The Hall–Kier alpha value is -1.71. The maximum atomic E-state index is 13.8. The molecule has 0 heterocycles. The first-order valence-electron chi connectivity index (χ1n) is 6.39. The molecule has 1 atom stereocenters. The van der Waals surface area contributed by atoms with E-state index in [1.54, 1.807) is 12.1 Å². The summed E-state index contributed by atoms with van der Waals surface area (Å²) in [6.45, 7) is 5.99. The van der Waals surface area contributed by atoms with Crippen molar-refractivity contribution in [2.45, 2.75) is 33.4 Å². The van der Waals surface area contributed by atoms with Crippen molar-refractivity contribution in [2.24, 2.45) is 5.92 Å². The summed E-state index contributed by atoms with van der Waals surface area (Å²) in [5, 5.41) is 0. The van der Waals surface area contributed by atoms with Crippen LogP contribution in [-0.4, -0.2) is 24.3 Å². The molecule has 0 saturated carbocycles. The number of hydrogen-bond acceptors (Lipinski definition) is 3. The summed E-state index contributed by atoms with van der Waals surface area (Å²) in [6.07, 6.45) is -2.00. The Balaban J connectivity index is 2.73. The maximum absolute atomic E-state index is 13.8. The Kier molecular flexibility index (Phi) is 5.67. The zero-order chi connectivity index (χ0) is 14.4. The Morgan fingerprint density at radius 3 is 2.26 bits per heavy atom. The topological polar surface area (TPSA) is 43.4 Å². The molecule has 1 unspecified atom stereocenters. The van der Waals surface area contributed by atoms with Gasteiger partial charge in [-0.05, 0) is 37.1 Å². The molecule has 1 rings (SSSR count). The summed E-state index contributed by atoms with van der Waals surface area (Å²) >= 11 is 0. The second-order valence-electron chi connectivity index (χ2n) is 4.75. The van der Waals surface area contributed by atoms with E-state index in [0.717, 1.165) is 0 Å². The van der Waals surface area contributed by atoms with Gasteiger partial charge in [-0.2, -0.15) is 0 Å². The van der Waals surface area contributed by atoms with Gasteiger partial charge in [0.15, 0.2) is 5.78 Å². The maximum Gasteiger partial charge on any atom is 0.220 e. The van der Waals surface area contributed by atoms with Crippen molar-refractivity contribution < 1.29 is 18.7 Å². The molecule has 0 fully saturated rings. The molecule has 3 nitrogen and oxygen atoms in total. The number of alkyl halides is 1. The first-order valence-corrected chi connectivity index (χ1v) is 6.39. The van der Waals surface area contributed by atoms with Crippen LogP contribution in [0.4, 0.5) is 4.39 Å². The standard InChI is InChI=1S/C15H19FO3/c1-4-19-12-7-5-11(6-8-12)15(18)14(16)13(17)9-10(2)3/h5-8,10,14H,4,9H2,1-3H3. The summed E-state index contributed by atoms with van der Waals surface area (Å²) in [5.41, 5.74) is 0.188. The van der Waals surface area contributed by atoms with Gasteiger partial charge >= 0.3 is 0 Å². The lowest BCUT2D eigenvalue weighted by atomic mass is 9.98. The van der Waals surface area contributed by atoms with Crippen LogP contribution in [0.1, 0.15) is 37.6 Å². The summed E-state index contributed by atoms with van der Waals surface area (Å²) in [6, 6.07) is 6.14. The third kappa shape index (κ3) is 4.47. The third-order valence-corrected chi connectivity index (χ3v) is 2.57. The molecule has 19 heavy (non-hydrogen) atoms. The molecule has 0 radical (unpaired) electrons. The van der Waals surface area contributed by atoms with Gasteiger partial charge in [0, 0.05) is 12.0 Å². The van der Waals surface area contributed by atoms with E-state index in [2.05, 4.69) is 0 Å². The fourth-order valence-electron chi connectivity index (χ4n) is 1.68. The van der Waals surface area contributed by atoms with Crippen LogP contribution in [0, 0.1) is 5.92 Å². The Morgan fingerprint density at radius 1 is 1.21 bits per heavy atom. The van der Waals surface area contributed by atoms with Gasteiger partial charge in [0.2, 0.25) is 12.0 Å². The monoisotopic (exact) mass is 266 g/mol. The van der Waals surface area contributed by atoms with Crippen molar-refractivity contribution in [2.75, 3.05) is 6.61 Å². The van der Waals surface area contributed by atoms with E-state index in [1.165, 1.54) is 12.1 Å². The van der Waals surface area contributed by atoms with Crippen molar-refractivity contribution in [1.82, 2.24) is 0 Å². The molecule has 0 aliphatic heterocycles. The zero-order valence-electron chi connectivity index (χ0n) is 11.5. The zero-order valence-corrected chi connectivity index (χ0v) is 11.5. The van der Waals surface area contributed by atoms with Crippen LogP contribution in [-0.2, 0) is 4.79 Å². The first-order chi connectivity index (χ1) is 8.95. The molecule has 4 heteroatoms. The number of carbonyl (C=O) groups excluding carboxylic acids is 2. The summed E-state index contributed by atoms with van der Waals surface area (Å²) in [7, 11) is 0. The SMILES string of the molecule is CCOc1ccc(C(=O)C(F)C(=O)CC(C)C)cc1. The highest BCUT2D eigenvalue weighted by atomic mass is 19.1. The van der Waals surface area contributed by atoms with Crippen LogP contribution in [0.2, 0.25) is 0 Å². The van der Waals surface area contributed by atoms with Gasteiger partial charge < -0.3 is 4.74 Å². The molecule has 0 aromatic heterocycles. The molecular formula is C15H19FO3. The molecule has 0 aliphatic carbocycles. The number of Topliss-reactive ketones (excluding diaryl/α,β-unsaturated/α-hetero) is 2. The molecule has 0 saturated heterocycles. The number of benzene rings is 1. The van der Waals surface area contributed by atoms with Gasteiger partial charge in [-0.1, -0.05) is 13.8 Å². The van der Waals surface area contributed by atoms with Crippen molar-refractivity contribution >= 4 is 11.6 Å². The van der Waals surface area contributed by atoms with E-state index in [4.69, 9.17) is 4.74 Å². The van der Waals surface area contributed by atoms with Crippen LogP contribution < -0.4 is 4.74 Å². The van der Waals surface area contributed by atoms with Gasteiger partial charge in [-0.15, -0.1) is 0 Å². The Labute approximate surface area is 112 Å². The van der Waals surface area contributed by atoms with E-state index in [0.29, 0.717) is 12.4 Å². The largest absolute Gasteiger partial charge is 0.494 e. The number of carbonyl (C=O) groups is 2. The second kappa shape index (κ2) is 7.02. The Morgan fingerprint density at radius 2 is 1.79 bits per heavy atom. The van der Waals surface area contributed by atoms with Crippen LogP contribution in [0.5, 0.6) is 5.75 Å². The summed E-state index contributed by atoms with van der Waals surface area (Å²) in [5.74, 6) is -0.788. The quantitative estimate of drug-likeness (QED) is 0.562. The number of ether oxygens (including phenoxy) is 1. The van der Waals surface area contributed by atoms with Gasteiger partial charge in [-0.3, -0.25) is 9.59 Å². The van der Waals surface area contributed by atoms with Crippen LogP contribution in [0.15, 0.2) is 24.3 Å². The number of ketones is 2. The minimum absolute atomic E-state index is 0.0406. The molecule has 0 bridgehead atoms. The molecular weight excluding hydrogens is 247 g/mol. The van der Waals surface area contributed by atoms with Crippen LogP contribution in [0.25, 0.3) is 0 Å². The van der Waals surface area contributed by atoms with E-state index < -0.39 is 17.7 Å². The minimum Gasteiger partial charge on any atom is -0.494 e. The normalized spacial score (nSPS) is 12.3. The fraction of sp³-hybridized carbons (Fsp3) is 0.467. The van der Waals surface area contributed by atoms with Crippen LogP contribution in [0.3, 0.4) is 0 Å². The number of hydrogen-bond donors (Lipinski definition) is 0. The highest BCUT2D eigenvalue weighted by Gasteiger charge is 2.27. The first kappa shape index (κ1) is 15.3. The molecule has 0 aliphatic rings. The van der Waals surface area contributed by atoms with Crippen molar-refractivity contribution in [3.8, 4) is 5.75 Å². The van der Waals surface area contributed by atoms with E-state index >= 15 is 0 Å². The lowest BCUT2D eigenvalue weighted by Crippen LogP contribution is -2.26. The Bertz CT molecular complexity index is 437. The van der Waals surface area contributed by atoms with Gasteiger partial charge in [0.1, 0.15) is 5.75 Å². The lowest BCUT2D eigenvalue weighted by Gasteiger charge is -2.09. The minimum atomic E-state index is -2.07. The van der Waals surface area contributed by atoms with E-state index in [9.17, 15) is 14.0 Å². The van der Waals surface area contributed by atoms with Crippen molar-refractivity contribution in [3.63, 3.8) is 0 Å². The highest BCUT2D eigenvalue weighted by Crippen LogP contribution is 2.16. The smallest absolute Gasteiger partial charge is 0.220 e. The van der Waals surface area contributed by atoms with Gasteiger partial charge in [-0.25, -0.2) is 4.39 Å². The number of rotatable bonds is 7. The summed E-state index contributed by atoms with van der Waals surface area (Å²) in [4.78, 5) is 23.3.